The van der Waals surface area contributed by atoms with Crippen LogP contribution in [0.15, 0.2) is 53.3 Å². The first-order valence-corrected chi connectivity index (χ1v) is 11.2. The minimum atomic E-state index is -0.318. The number of para-hydroxylation sites is 2. The minimum absolute atomic E-state index is 0.0532. The molecular weight excluding hydrogens is 423 g/mol. The SMILES string of the molecule is CCCc1nnc2c(=O)n(CC(=O)N3CCN(c4ccc(F)cc4)CC3)c3ccccc3n12. The van der Waals surface area contributed by atoms with Crippen LogP contribution in [0.1, 0.15) is 19.2 Å². The number of benzene rings is 2. The Kier molecular flexibility index (Phi) is 5.53. The quantitative estimate of drug-likeness (QED) is 0.469. The molecule has 4 aromatic rings. The van der Waals surface area contributed by atoms with Crippen molar-refractivity contribution in [2.75, 3.05) is 31.1 Å². The molecule has 8 nitrogen and oxygen atoms in total. The number of hydrogen-bond donors (Lipinski definition) is 0. The maximum Gasteiger partial charge on any atom is 0.297 e. The highest BCUT2D eigenvalue weighted by atomic mass is 19.1. The topological polar surface area (TPSA) is 75.7 Å². The summed E-state index contributed by atoms with van der Waals surface area (Å²) in [6.45, 7) is 4.38. The summed E-state index contributed by atoms with van der Waals surface area (Å²) < 4.78 is 16.5. The number of piperazine rings is 1. The molecule has 170 valence electrons. The van der Waals surface area contributed by atoms with Crippen molar-refractivity contribution in [2.45, 2.75) is 26.3 Å². The first-order chi connectivity index (χ1) is 16.1. The summed E-state index contributed by atoms with van der Waals surface area (Å²) >= 11 is 0. The Labute approximate surface area is 189 Å². The lowest BCUT2D eigenvalue weighted by Crippen LogP contribution is -2.50. The number of hydrogen-bond acceptors (Lipinski definition) is 5. The standard InChI is InChI=1S/C24H25FN6O2/c1-2-5-21-26-27-23-24(33)30(19-6-3-4-7-20(19)31(21)23)16-22(32)29-14-12-28(13-15-29)18-10-8-17(25)9-11-18/h3-4,6-11H,2,5,12-16H2,1H3. The third-order valence-corrected chi connectivity index (χ3v) is 6.17. The molecule has 3 heterocycles. The first-order valence-electron chi connectivity index (χ1n) is 11.2. The van der Waals surface area contributed by atoms with Crippen LogP contribution in [0.4, 0.5) is 10.1 Å². The van der Waals surface area contributed by atoms with Gasteiger partial charge in [0, 0.05) is 38.3 Å². The number of amides is 1. The van der Waals surface area contributed by atoms with E-state index in [-0.39, 0.29) is 29.5 Å². The monoisotopic (exact) mass is 448 g/mol. The second-order valence-corrected chi connectivity index (χ2v) is 8.25. The highest BCUT2D eigenvalue weighted by Gasteiger charge is 2.24. The van der Waals surface area contributed by atoms with E-state index in [1.54, 1.807) is 17.0 Å². The van der Waals surface area contributed by atoms with Gasteiger partial charge in [-0.3, -0.25) is 18.6 Å². The van der Waals surface area contributed by atoms with Crippen molar-refractivity contribution in [1.29, 1.82) is 0 Å². The lowest BCUT2D eigenvalue weighted by atomic mass is 10.2. The number of carbonyl (C=O) groups excluding carboxylic acids is 1. The number of aryl methyl sites for hydroxylation is 1. The van der Waals surface area contributed by atoms with Gasteiger partial charge in [0.05, 0.1) is 11.0 Å². The van der Waals surface area contributed by atoms with Gasteiger partial charge in [0.15, 0.2) is 0 Å². The first kappa shape index (κ1) is 21.1. The fourth-order valence-corrected chi connectivity index (χ4v) is 4.46. The molecule has 0 bridgehead atoms. The average Bonchev–Trinajstić information content (AvgIpc) is 3.27. The van der Waals surface area contributed by atoms with Crippen molar-refractivity contribution in [1.82, 2.24) is 24.1 Å². The number of aromatic nitrogens is 4. The third-order valence-electron chi connectivity index (χ3n) is 6.17. The Morgan fingerprint density at radius 2 is 1.67 bits per heavy atom. The molecule has 0 aliphatic carbocycles. The summed E-state index contributed by atoms with van der Waals surface area (Å²) in [5, 5.41) is 8.36. The molecule has 0 N–H and O–H groups in total. The molecule has 1 saturated heterocycles. The molecule has 0 unspecified atom stereocenters. The number of rotatable bonds is 5. The van der Waals surface area contributed by atoms with E-state index in [0.717, 1.165) is 23.4 Å². The van der Waals surface area contributed by atoms with Crippen molar-refractivity contribution in [3.63, 3.8) is 0 Å². The largest absolute Gasteiger partial charge is 0.368 e. The van der Waals surface area contributed by atoms with E-state index < -0.39 is 0 Å². The zero-order valence-corrected chi connectivity index (χ0v) is 18.4. The van der Waals surface area contributed by atoms with Crippen LogP contribution in [0.3, 0.4) is 0 Å². The maximum absolute atomic E-state index is 13.3. The Hall–Kier alpha value is -3.75. The van der Waals surface area contributed by atoms with Gasteiger partial charge in [-0.25, -0.2) is 4.39 Å². The second-order valence-electron chi connectivity index (χ2n) is 8.25. The number of fused-ring (bicyclic) bond motifs is 3. The van der Waals surface area contributed by atoms with Crippen LogP contribution in [-0.2, 0) is 17.8 Å². The third kappa shape index (κ3) is 3.83. The van der Waals surface area contributed by atoms with E-state index in [2.05, 4.69) is 22.0 Å². The van der Waals surface area contributed by atoms with Gasteiger partial charge in [-0.2, -0.15) is 0 Å². The van der Waals surface area contributed by atoms with Crippen LogP contribution >= 0.6 is 0 Å². The van der Waals surface area contributed by atoms with E-state index in [9.17, 15) is 14.0 Å². The number of nitrogens with zero attached hydrogens (tertiary/aromatic N) is 6. The summed E-state index contributed by atoms with van der Waals surface area (Å²) in [6, 6.07) is 13.9. The minimum Gasteiger partial charge on any atom is -0.368 e. The molecule has 1 aliphatic rings. The van der Waals surface area contributed by atoms with Gasteiger partial charge in [0.1, 0.15) is 18.2 Å². The van der Waals surface area contributed by atoms with Gasteiger partial charge < -0.3 is 9.80 Å². The molecular formula is C24H25FN6O2. The zero-order chi connectivity index (χ0) is 22.9. The predicted molar refractivity (Wildman–Crippen MR) is 124 cm³/mol. The highest BCUT2D eigenvalue weighted by Crippen LogP contribution is 2.19. The van der Waals surface area contributed by atoms with Gasteiger partial charge in [-0.1, -0.05) is 19.1 Å². The van der Waals surface area contributed by atoms with Crippen LogP contribution in [-0.4, -0.2) is 56.2 Å². The van der Waals surface area contributed by atoms with E-state index in [1.807, 2.05) is 28.7 Å². The molecule has 1 fully saturated rings. The zero-order valence-electron chi connectivity index (χ0n) is 18.4. The fraction of sp³-hybridized carbons (Fsp3) is 0.333. The summed E-state index contributed by atoms with van der Waals surface area (Å²) in [5.74, 6) is 0.367. The van der Waals surface area contributed by atoms with Crippen LogP contribution in [0.2, 0.25) is 0 Å². The molecule has 0 saturated carbocycles. The average molecular weight is 449 g/mol. The van der Waals surface area contributed by atoms with Gasteiger partial charge in [0.2, 0.25) is 11.6 Å². The van der Waals surface area contributed by atoms with Crippen molar-refractivity contribution in [3.05, 3.63) is 70.5 Å². The molecule has 0 radical (unpaired) electrons. The normalized spacial score (nSPS) is 14.4. The van der Waals surface area contributed by atoms with Crippen molar-refractivity contribution < 1.29 is 9.18 Å². The Balaban J connectivity index is 1.40. The van der Waals surface area contributed by atoms with Gasteiger partial charge in [0.25, 0.3) is 5.56 Å². The molecule has 2 aromatic heterocycles. The molecule has 1 amide bonds. The summed E-state index contributed by atoms with van der Waals surface area (Å²) in [4.78, 5) is 30.3. The number of anilines is 1. The second kappa shape index (κ2) is 8.65. The molecule has 2 aromatic carbocycles. The molecule has 33 heavy (non-hydrogen) atoms. The van der Waals surface area contributed by atoms with Crippen molar-refractivity contribution >= 4 is 28.3 Å². The maximum atomic E-state index is 13.3. The fourth-order valence-electron chi connectivity index (χ4n) is 4.46. The summed E-state index contributed by atoms with van der Waals surface area (Å²) in [6.07, 6.45) is 1.60. The lowest BCUT2D eigenvalue weighted by molar-refractivity contribution is -0.132. The summed E-state index contributed by atoms with van der Waals surface area (Å²) in [5.41, 5.74) is 2.36. The molecule has 5 rings (SSSR count). The predicted octanol–water partition coefficient (Wildman–Crippen LogP) is 2.48. The molecule has 0 spiro atoms. The van der Waals surface area contributed by atoms with Gasteiger partial charge >= 0.3 is 0 Å². The summed E-state index contributed by atoms with van der Waals surface area (Å²) in [7, 11) is 0. The van der Waals surface area contributed by atoms with Crippen molar-refractivity contribution in [3.8, 4) is 0 Å². The van der Waals surface area contributed by atoms with E-state index in [0.29, 0.717) is 38.1 Å². The van der Waals surface area contributed by atoms with Crippen LogP contribution in [0.5, 0.6) is 0 Å². The smallest absolute Gasteiger partial charge is 0.297 e. The van der Waals surface area contributed by atoms with E-state index in [1.165, 1.54) is 16.7 Å². The van der Waals surface area contributed by atoms with Crippen molar-refractivity contribution in [2.24, 2.45) is 0 Å². The Morgan fingerprint density at radius 1 is 0.970 bits per heavy atom. The van der Waals surface area contributed by atoms with Crippen LogP contribution in [0, 0.1) is 5.82 Å². The van der Waals surface area contributed by atoms with Crippen LogP contribution in [0.25, 0.3) is 16.7 Å². The number of halogens is 1. The van der Waals surface area contributed by atoms with Gasteiger partial charge in [-0.05, 0) is 42.8 Å². The number of carbonyl (C=O) groups is 1. The highest BCUT2D eigenvalue weighted by molar-refractivity contribution is 5.82. The molecule has 0 atom stereocenters. The molecule has 9 heteroatoms. The van der Waals surface area contributed by atoms with Crippen LogP contribution < -0.4 is 10.5 Å². The van der Waals surface area contributed by atoms with Gasteiger partial charge in [-0.15, -0.1) is 10.2 Å². The Morgan fingerprint density at radius 3 is 2.36 bits per heavy atom. The lowest BCUT2D eigenvalue weighted by Gasteiger charge is -2.36. The van der Waals surface area contributed by atoms with E-state index >= 15 is 0 Å². The molecule has 1 aliphatic heterocycles. The van der Waals surface area contributed by atoms with E-state index in [4.69, 9.17) is 0 Å². The Bertz CT molecular complexity index is 1370.